The van der Waals surface area contributed by atoms with Crippen LogP contribution in [0.5, 0.6) is 0 Å². The molecule has 0 saturated carbocycles. The molecule has 0 aliphatic carbocycles. The lowest BCUT2D eigenvalue weighted by Gasteiger charge is -2.10. The molecule has 4 N–H and O–H groups in total. The molecular weight excluding hydrogens is 338 g/mol. The van der Waals surface area contributed by atoms with Crippen molar-refractivity contribution in [3.8, 4) is 11.4 Å². The van der Waals surface area contributed by atoms with E-state index in [-0.39, 0.29) is 0 Å². The van der Waals surface area contributed by atoms with Crippen LogP contribution in [0, 0.1) is 6.92 Å². The Morgan fingerprint density at radius 2 is 1.92 bits per heavy atom. The molecule has 0 spiro atoms. The summed E-state index contributed by atoms with van der Waals surface area (Å²) in [4.78, 5) is 13.5. The number of nitrogens with one attached hydrogen (secondary N) is 2. The zero-order chi connectivity index (χ0) is 17.4. The second-order valence-electron chi connectivity index (χ2n) is 5.52. The van der Waals surface area contributed by atoms with Crippen molar-refractivity contribution in [1.82, 2.24) is 25.1 Å². The zero-order valence-electron chi connectivity index (χ0n) is 13.3. The summed E-state index contributed by atoms with van der Waals surface area (Å²) >= 11 is 6.32. The zero-order valence-corrected chi connectivity index (χ0v) is 14.0. The highest BCUT2D eigenvalue weighted by atomic mass is 35.5. The van der Waals surface area contributed by atoms with Gasteiger partial charge >= 0.3 is 0 Å². The van der Waals surface area contributed by atoms with E-state index in [1.165, 1.54) is 0 Å². The van der Waals surface area contributed by atoms with Crippen molar-refractivity contribution in [2.45, 2.75) is 6.92 Å². The summed E-state index contributed by atoms with van der Waals surface area (Å²) in [6, 6.07) is 13.0. The highest BCUT2D eigenvalue weighted by Gasteiger charge is 2.13. The average molecular weight is 352 g/mol. The second-order valence-corrected chi connectivity index (χ2v) is 5.93. The number of halogens is 1. The molecule has 0 aliphatic rings. The number of H-pyrrole nitrogens is 1. The van der Waals surface area contributed by atoms with Crippen LogP contribution in [0.25, 0.3) is 22.3 Å². The number of para-hydroxylation sites is 1. The summed E-state index contributed by atoms with van der Waals surface area (Å²) < 4.78 is 0. The molecular formula is C17H14ClN7. The minimum Gasteiger partial charge on any atom is -0.399 e. The van der Waals surface area contributed by atoms with Gasteiger partial charge in [0.25, 0.3) is 0 Å². The molecule has 2 heterocycles. The van der Waals surface area contributed by atoms with Gasteiger partial charge < -0.3 is 11.1 Å². The molecule has 0 radical (unpaired) electrons. The lowest BCUT2D eigenvalue weighted by Crippen LogP contribution is -2.01. The van der Waals surface area contributed by atoms with E-state index in [0.29, 0.717) is 39.7 Å². The van der Waals surface area contributed by atoms with Crippen molar-refractivity contribution in [3.05, 3.63) is 53.3 Å². The predicted molar refractivity (Wildman–Crippen MR) is 98.8 cm³/mol. The van der Waals surface area contributed by atoms with Gasteiger partial charge in [-0.2, -0.15) is 4.98 Å². The van der Waals surface area contributed by atoms with E-state index >= 15 is 0 Å². The number of hydrogen-bond donors (Lipinski definition) is 3. The maximum atomic E-state index is 6.32. The normalized spacial score (nSPS) is 11.0. The number of fused-ring (bicyclic) bond motifs is 1. The third kappa shape index (κ3) is 2.97. The standard InChI is InChI=1S/C17H14ClN7/c1-9-20-17(25-24-9)23-16-12-4-2-3-5-14(12)21-15(22-16)11-7-6-10(19)8-13(11)18/h2-8H,19H2,1H3,(H2,20,21,22,23,24,25). The smallest absolute Gasteiger partial charge is 0.247 e. The molecule has 0 bridgehead atoms. The summed E-state index contributed by atoms with van der Waals surface area (Å²) in [7, 11) is 0. The van der Waals surface area contributed by atoms with E-state index in [1.807, 2.05) is 37.3 Å². The fourth-order valence-corrected chi connectivity index (χ4v) is 2.78. The molecule has 0 unspecified atom stereocenters. The number of nitrogens with zero attached hydrogens (tertiary/aromatic N) is 4. The number of aromatic amines is 1. The quantitative estimate of drug-likeness (QED) is 0.486. The Bertz CT molecular complexity index is 1070. The lowest BCUT2D eigenvalue weighted by molar-refractivity contribution is 1.04. The van der Waals surface area contributed by atoms with Crippen LogP contribution in [-0.2, 0) is 0 Å². The van der Waals surface area contributed by atoms with Crippen molar-refractivity contribution >= 4 is 40.0 Å². The van der Waals surface area contributed by atoms with Gasteiger partial charge in [0.2, 0.25) is 5.95 Å². The molecule has 25 heavy (non-hydrogen) atoms. The molecule has 2 aromatic heterocycles. The summed E-state index contributed by atoms with van der Waals surface area (Å²) in [5.41, 5.74) is 7.85. The Labute approximate surface area is 148 Å². The van der Waals surface area contributed by atoms with Gasteiger partial charge in [-0.15, -0.1) is 5.10 Å². The van der Waals surface area contributed by atoms with E-state index in [2.05, 4.69) is 30.5 Å². The first kappa shape index (κ1) is 15.3. The fraction of sp³-hybridized carbons (Fsp3) is 0.0588. The van der Waals surface area contributed by atoms with Gasteiger partial charge in [-0.1, -0.05) is 23.7 Å². The molecule has 124 valence electrons. The number of anilines is 3. The third-order valence-electron chi connectivity index (χ3n) is 3.66. The number of rotatable bonds is 3. The van der Waals surface area contributed by atoms with Crippen LogP contribution in [0.1, 0.15) is 5.82 Å². The van der Waals surface area contributed by atoms with Crippen molar-refractivity contribution in [2.75, 3.05) is 11.1 Å². The topological polar surface area (TPSA) is 105 Å². The highest BCUT2D eigenvalue weighted by molar-refractivity contribution is 6.33. The van der Waals surface area contributed by atoms with Gasteiger partial charge in [0.05, 0.1) is 10.5 Å². The molecule has 4 aromatic rings. The van der Waals surface area contributed by atoms with E-state index < -0.39 is 0 Å². The monoisotopic (exact) mass is 351 g/mol. The van der Waals surface area contributed by atoms with Gasteiger partial charge in [0.1, 0.15) is 11.6 Å². The summed E-state index contributed by atoms with van der Waals surface area (Å²) in [6.07, 6.45) is 0. The Morgan fingerprint density at radius 3 is 2.68 bits per heavy atom. The first-order valence-corrected chi connectivity index (χ1v) is 7.96. The Hall–Kier alpha value is -3.19. The van der Waals surface area contributed by atoms with Gasteiger partial charge in [-0.3, -0.25) is 5.10 Å². The van der Waals surface area contributed by atoms with Crippen molar-refractivity contribution in [3.63, 3.8) is 0 Å². The van der Waals surface area contributed by atoms with E-state index in [4.69, 9.17) is 17.3 Å². The highest BCUT2D eigenvalue weighted by Crippen LogP contribution is 2.31. The van der Waals surface area contributed by atoms with Crippen molar-refractivity contribution < 1.29 is 0 Å². The van der Waals surface area contributed by atoms with Crippen LogP contribution >= 0.6 is 11.6 Å². The van der Waals surface area contributed by atoms with Crippen molar-refractivity contribution in [2.24, 2.45) is 0 Å². The first-order chi connectivity index (χ1) is 12.1. The largest absolute Gasteiger partial charge is 0.399 e. The maximum Gasteiger partial charge on any atom is 0.247 e. The van der Waals surface area contributed by atoms with Crippen LogP contribution in [0.4, 0.5) is 17.5 Å². The maximum absolute atomic E-state index is 6.32. The summed E-state index contributed by atoms with van der Waals surface area (Å²) in [5.74, 6) is 2.25. The van der Waals surface area contributed by atoms with Crippen LogP contribution in [-0.4, -0.2) is 25.1 Å². The van der Waals surface area contributed by atoms with E-state index in [1.54, 1.807) is 12.1 Å². The van der Waals surface area contributed by atoms with Gasteiger partial charge in [-0.25, -0.2) is 9.97 Å². The predicted octanol–water partition coefficient (Wildman–Crippen LogP) is 3.70. The van der Waals surface area contributed by atoms with Crippen LogP contribution in [0.3, 0.4) is 0 Å². The van der Waals surface area contributed by atoms with Crippen LogP contribution in [0.15, 0.2) is 42.5 Å². The average Bonchev–Trinajstić information content (AvgIpc) is 2.99. The van der Waals surface area contributed by atoms with Gasteiger partial charge in [-0.05, 0) is 37.3 Å². The summed E-state index contributed by atoms with van der Waals surface area (Å²) in [6.45, 7) is 1.83. The van der Waals surface area contributed by atoms with Crippen molar-refractivity contribution in [1.29, 1.82) is 0 Å². The fourth-order valence-electron chi connectivity index (χ4n) is 2.51. The molecule has 0 fully saturated rings. The number of nitrogens with two attached hydrogens (primary N) is 1. The molecule has 7 nitrogen and oxygen atoms in total. The third-order valence-corrected chi connectivity index (χ3v) is 3.98. The minimum absolute atomic E-state index is 0.440. The van der Waals surface area contributed by atoms with E-state index in [0.717, 1.165) is 10.9 Å². The number of aromatic nitrogens is 5. The number of hydrogen-bond acceptors (Lipinski definition) is 6. The molecule has 8 heteroatoms. The minimum atomic E-state index is 0.440. The summed E-state index contributed by atoms with van der Waals surface area (Å²) in [5, 5.41) is 11.4. The lowest BCUT2D eigenvalue weighted by atomic mass is 10.1. The number of nitrogen functional groups attached to an aromatic ring is 1. The SMILES string of the molecule is Cc1nc(Nc2nc(-c3ccc(N)cc3Cl)nc3ccccc23)n[nH]1. The van der Waals surface area contributed by atoms with Gasteiger partial charge in [0, 0.05) is 16.6 Å². The Balaban J connectivity index is 1.88. The Morgan fingerprint density at radius 1 is 1.08 bits per heavy atom. The molecule has 0 atom stereocenters. The molecule has 0 aliphatic heterocycles. The molecule has 2 aromatic carbocycles. The van der Waals surface area contributed by atoms with Crippen LogP contribution in [0.2, 0.25) is 5.02 Å². The molecule has 0 amide bonds. The Kier molecular flexibility index (Phi) is 3.70. The second kappa shape index (κ2) is 6.03. The molecule has 0 saturated heterocycles. The van der Waals surface area contributed by atoms with Gasteiger partial charge in [0.15, 0.2) is 5.82 Å². The van der Waals surface area contributed by atoms with Crippen LogP contribution < -0.4 is 11.1 Å². The van der Waals surface area contributed by atoms with E-state index in [9.17, 15) is 0 Å². The number of benzene rings is 2. The molecule has 4 rings (SSSR count). The number of aryl methyl sites for hydroxylation is 1. The first-order valence-electron chi connectivity index (χ1n) is 7.58.